The highest BCUT2D eigenvalue weighted by Gasteiger charge is 2.12. The van der Waals surface area contributed by atoms with E-state index < -0.39 is 0 Å². The van der Waals surface area contributed by atoms with Crippen molar-refractivity contribution in [3.63, 3.8) is 0 Å². The molecule has 2 aliphatic rings. The molecule has 0 bridgehead atoms. The number of likely N-dealkylation sites (tertiary alicyclic amines) is 2. The number of piperidine rings is 2. The van der Waals surface area contributed by atoms with Gasteiger partial charge in [-0.1, -0.05) is 0 Å². The van der Waals surface area contributed by atoms with Crippen LogP contribution in [0.4, 0.5) is 0 Å². The van der Waals surface area contributed by atoms with Crippen LogP contribution < -0.4 is 0 Å². The average molecular weight is 208 g/mol. The molecule has 0 aliphatic carbocycles. The summed E-state index contributed by atoms with van der Waals surface area (Å²) in [6.07, 6.45) is 10.8. The summed E-state index contributed by atoms with van der Waals surface area (Å²) >= 11 is 0. The lowest BCUT2D eigenvalue weighted by atomic mass is 10.1. The second-order valence-corrected chi connectivity index (χ2v) is 4.91. The van der Waals surface area contributed by atoms with Crippen molar-refractivity contribution in [3.8, 4) is 0 Å². The SMILES string of the molecule is C/C(=C\N1CCCCC1)N1CCCCC1. The quantitative estimate of drug-likeness (QED) is 0.688. The van der Waals surface area contributed by atoms with Crippen molar-refractivity contribution in [1.29, 1.82) is 0 Å². The fourth-order valence-electron chi connectivity index (χ4n) is 2.64. The van der Waals surface area contributed by atoms with Crippen LogP contribution in [0, 0.1) is 0 Å². The molecule has 86 valence electrons. The van der Waals surface area contributed by atoms with Gasteiger partial charge in [0, 0.05) is 38.1 Å². The van der Waals surface area contributed by atoms with Crippen LogP contribution in [0.1, 0.15) is 45.4 Å². The molecule has 15 heavy (non-hydrogen) atoms. The predicted molar refractivity (Wildman–Crippen MR) is 64.6 cm³/mol. The third-order valence-corrected chi connectivity index (χ3v) is 3.61. The van der Waals surface area contributed by atoms with Crippen LogP contribution in [-0.2, 0) is 0 Å². The fourth-order valence-corrected chi connectivity index (χ4v) is 2.64. The third-order valence-electron chi connectivity index (χ3n) is 3.61. The number of hydrogen-bond donors (Lipinski definition) is 0. The van der Waals surface area contributed by atoms with E-state index in [9.17, 15) is 0 Å². The zero-order valence-electron chi connectivity index (χ0n) is 10.0. The lowest BCUT2D eigenvalue weighted by Crippen LogP contribution is -2.31. The molecule has 2 aliphatic heterocycles. The van der Waals surface area contributed by atoms with Gasteiger partial charge < -0.3 is 9.80 Å². The molecule has 2 saturated heterocycles. The number of allylic oxidation sites excluding steroid dienone is 1. The van der Waals surface area contributed by atoms with E-state index in [1.54, 1.807) is 0 Å². The summed E-state index contributed by atoms with van der Waals surface area (Å²) in [6.45, 7) is 7.36. The van der Waals surface area contributed by atoms with Gasteiger partial charge in [-0.3, -0.25) is 0 Å². The average Bonchev–Trinajstić information content (AvgIpc) is 2.31. The zero-order valence-corrected chi connectivity index (χ0v) is 10.0. The van der Waals surface area contributed by atoms with Gasteiger partial charge in [0.05, 0.1) is 0 Å². The van der Waals surface area contributed by atoms with Gasteiger partial charge in [0.15, 0.2) is 0 Å². The minimum atomic E-state index is 1.27. The van der Waals surface area contributed by atoms with Gasteiger partial charge in [0.1, 0.15) is 0 Å². The summed E-state index contributed by atoms with van der Waals surface area (Å²) in [6, 6.07) is 0. The van der Waals surface area contributed by atoms with Crippen LogP contribution >= 0.6 is 0 Å². The summed E-state index contributed by atoms with van der Waals surface area (Å²) in [5.41, 5.74) is 1.48. The molecule has 0 radical (unpaired) electrons. The number of hydrogen-bond acceptors (Lipinski definition) is 2. The molecule has 2 nitrogen and oxygen atoms in total. The fraction of sp³-hybridized carbons (Fsp3) is 0.846. The Kier molecular flexibility index (Phi) is 3.93. The molecule has 0 aromatic carbocycles. The summed E-state index contributed by atoms with van der Waals surface area (Å²) < 4.78 is 0. The molecular formula is C13H24N2. The van der Waals surface area contributed by atoms with Crippen molar-refractivity contribution in [3.05, 3.63) is 11.9 Å². The minimum Gasteiger partial charge on any atom is -0.376 e. The first-order valence-corrected chi connectivity index (χ1v) is 6.54. The molecule has 0 unspecified atom stereocenters. The molecular weight excluding hydrogens is 184 g/mol. The van der Waals surface area contributed by atoms with E-state index in [0.717, 1.165) is 0 Å². The maximum atomic E-state index is 2.55. The van der Waals surface area contributed by atoms with E-state index in [0.29, 0.717) is 0 Å². The van der Waals surface area contributed by atoms with E-state index >= 15 is 0 Å². The molecule has 2 fully saturated rings. The maximum absolute atomic E-state index is 2.55. The van der Waals surface area contributed by atoms with Crippen molar-refractivity contribution < 1.29 is 0 Å². The Labute approximate surface area is 93.9 Å². The van der Waals surface area contributed by atoms with Crippen molar-refractivity contribution >= 4 is 0 Å². The zero-order chi connectivity index (χ0) is 10.5. The number of nitrogens with zero attached hydrogens (tertiary/aromatic N) is 2. The lowest BCUT2D eigenvalue weighted by molar-refractivity contribution is 0.262. The van der Waals surface area contributed by atoms with Crippen molar-refractivity contribution in [2.75, 3.05) is 26.2 Å². The topological polar surface area (TPSA) is 6.48 Å². The first kappa shape index (κ1) is 10.8. The maximum Gasteiger partial charge on any atom is 0.0262 e. The second kappa shape index (κ2) is 5.43. The van der Waals surface area contributed by atoms with Gasteiger partial charge in [-0.05, 0) is 45.4 Å². The van der Waals surface area contributed by atoms with E-state index in [1.807, 2.05) is 0 Å². The first-order chi connectivity index (χ1) is 7.36. The Hall–Kier alpha value is -0.660. The lowest BCUT2D eigenvalue weighted by Gasteiger charge is -2.32. The number of rotatable bonds is 2. The normalized spacial score (nSPS) is 24.5. The van der Waals surface area contributed by atoms with Crippen molar-refractivity contribution in [2.24, 2.45) is 0 Å². The Morgan fingerprint density at radius 3 is 1.93 bits per heavy atom. The molecule has 2 rings (SSSR count). The highest BCUT2D eigenvalue weighted by molar-refractivity contribution is 4.98. The van der Waals surface area contributed by atoms with Gasteiger partial charge >= 0.3 is 0 Å². The summed E-state index contributed by atoms with van der Waals surface area (Å²) in [7, 11) is 0. The van der Waals surface area contributed by atoms with Gasteiger partial charge in [0.2, 0.25) is 0 Å². The molecule has 0 N–H and O–H groups in total. The van der Waals surface area contributed by atoms with Crippen LogP contribution in [0.5, 0.6) is 0 Å². The van der Waals surface area contributed by atoms with Crippen LogP contribution in [0.25, 0.3) is 0 Å². The molecule has 2 heterocycles. The van der Waals surface area contributed by atoms with Crippen LogP contribution in [0.3, 0.4) is 0 Å². The summed E-state index contributed by atoms with van der Waals surface area (Å²) in [5, 5.41) is 0. The molecule has 0 atom stereocenters. The minimum absolute atomic E-state index is 1.27. The van der Waals surface area contributed by atoms with E-state index in [-0.39, 0.29) is 0 Å². The highest BCUT2D eigenvalue weighted by atomic mass is 15.2. The largest absolute Gasteiger partial charge is 0.376 e. The summed E-state index contributed by atoms with van der Waals surface area (Å²) in [5.74, 6) is 0. The predicted octanol–water partition coefficient (Wildman–Crippen LogP) is 2.82. The Bertz CT molecular complexity index is 211. The van der Waals surface area contributed by atoms with Crippen LogP contribution in [-0.4, -0.2) is 36.0 Å². The van der Waals surface area contributed by atoms with Gasteiger partial charge in [-0.25, -0.2) is 0 Å². The molecule has 0 aromatic rings. The van der Waals surface area contributed by atoms with E-state index in [1.165, 1.54) is 70.4 Å². The second-order valence-electron chi connectivity index (χ2n) is 4.91. The molecule has 0 amide bonds. The van der Waals surface area contributed by atoms with Gasteiger partial charge in [-0.15, -0.1) is 0 Å². The van der Waals surface area contributed by atoms with Crippen molar-refractivity contribution in [1.82, 2.24) is 9.80 Å². The van der Waals surface area contributed by atoms with Crippen LogP contribution in [0.2, 0.25) is 0 Å². The third kappa shape index (κ3) is 3.15. The molecule has 2 heteroatoms. The Balaban J connectivity index is 1.86. The first-order valence-electron chi connectivity index (χ1n) is 6.54. The standard InChI is InChI=1S/C13H24N2/c1-13(15-10-6-3-7-11-15)12-14-8-4-2-5-9-14/h12H,2-11H2,1H3/b13-12+. The molecule has 0 aromatic heterocycles. The monoisotopic (exact) mass is 208 g/mol. The van der Waals surface area contributed by atoms with E-state index in [4.69, 9.17) is 0 Å². The van der Waals surface area contributed by atoms with E-state index in [2.05, 4.69) is 22.9 Å². The Morgan fingerprint density at radius 2 is 1.33 bits per heavy atom. The highest BCUT2D eigenvalue weighted by Crippen LogP contribution is 2.16. The van der Waals surface area contributed by atoms with Crippen molar-refractivity contribution in [2.45, 2.75) is 45.4 Å². The van der Waals surface area contributed by atoms with Gasteiger partial charge in [-0.2, -0.15) is 0 Å². The van der Waals surface area contributed by atoms with Gasteiger partial charge in [0.25, 0.3) is 0 Å². The summed E-state index contributed by atoms with van der Waals surface area (Å²) in [4.78, 5) is 5.06. The smallest absolute Gasteiger partial charge is 0.0262 e. The molecule has 0 saturated carbocycles. The Morgan fingerprint density at radius 1 is 0.800 bits per heavy atom. The molecule has 0 spiro atoms. The van der Waals surface area contributed by atoms with Crippen LogP contribution in [0.15, 0.2) is 11.9 Å².